The Labute approximate surface area is 222 Å². The molecule has 0 unspecified atom stereocenters. The first-order valence-electron chi connectivity index (χ1n) is 11.0. The van der Waals surface area contributed by atoms with Crippen molar-refractivity contribution in [2.24, 2.45) is 0 Å². The molecule has 7 nitrogen and oxygen atoms in total. The van der Waals surface area contributed by atoms with Gasteiger partial charge in [0, 0.05) is 42.0 Å². The van der Waals surface area contributed by atoms with Crippen LogP contribution in [0, 0.1) is 6.92 Å². The molecule has 1 aliphatic rings. The molecule has 0 saturated carbocycles. The van der Waals surface area contributed by atoms with Gasteiger partial charge in [0.2, 0.25) is 0 Å². The van der Waals surface area contributed by atoms with E-state index in [-0.39, 0.29) is 16.9 Å². The van der Waals surface area contributed by atoms with E-state index in [1.807, 2.05) is 59.7 Å². The molecule has 0 atom stereocenters. The van der Waals surface area contributed by atoms with Gasteiger partial charge in [-0.05, 0) is 72.5 Å². The molecule has 182 valence electrons. The Bertz CT molecular complexity index is 1220. The minimum Gasteiger partial charge on any atom is -0.496 e. The third-order valence-corrected chi connectivity index (χ3v) is 7.22. The standard InChI is InChI=1S/C25H25BrN4O3S2/c1-16-14-17(26)15-20(22(16)33-2)23(31)28-25(34)27-18-5-7-19(8-6-18)29-9-11-30(12-10-29)24(32)21-4-3-13-35-21/h3-8,13-15H,9-12H2,1-2H3,(H2,27,28,31,34). The van der Waals surface area contributed by atoms with Crippen LogP contribution in [0.2, 0.25) is 0 Å². The van der Waals surface area contributed by atoms with Crippen molar-refractivity contribution in [1.82, 2.24) is 10.2 Å². The fourth-order valence-corrected chi connectivity index (χ4v) is 5.46. The van der Waals surface area contributed by atoms with Crippen LogP contribution in [-0.2, 0) is 0 Å². The van der Waals surface area contributed by atoms with Gasteiger partial charge in [0.05, 0.1) is 17.6 Å². The number of hydrogen-bond donors (Lipinski definition) is 2. The Morgan fingerprint density at radius 2 is 1.80 bits per heavy atom. The lowest BCUT2D eigenvalue weighted by Crippen LogP contribution is -2.48. The van der Waals surface area contributed by atoms with Crippen molar-refractivity contribution in [2.45, 2.75) is 6.92 Å². The molecule has 1 fully saturated rings. The van der Waals surface area contributed by atoms with Gasteiger partial charge in [-0.1, -0.05) is 22.0 Å². The van der Waals surface area contributed by atoms with Gasteiger partial charge >= 0.3 is 0 Å². The lowest BCUT2D eigenvalue weighted by atomic mass is 10.1. The van der Waals surface area contributed by atoms with Crippen LogP contribution >= 0.6 is 39.5 Å². The summed E-state index contributed by atoms with van der Waals surface area (Å²) in [5, 5.41) is 7.89. The molecule has 2 heterocycles. The number of nitrogens with one attached hydrogen (secondary N) is 2. The lowest BCUT2D eigenvalue weighted by Gasteiger charge is -2.36. The first-order chi connectivity index (χ1) is 16.9. The van der Waals surface area contributed by atoms with Crippen LogP contribution in [0.1, 0.15) is 25.6 Å². The number of rotatable bonds is 5. The summed E-state index contributed by atoms with van der Waals surface area (Å²) in [5.74, 6) is 0.260. The normalized spacial score (nSPS) is 13.3. The summed E-state index contributed by atoms with van der Waals surface area (Å²) in [4.78, 5) is 30.3. The smallest absolute Gasteiger partial charge is 0.264 e. The second kappa shape index (κ2) is 11.2. The zero-order chi connectivity index (χ0) is 24.9. The highest BCUT2D eigenvalue weighted by molar-refractivity contribution is 9.10. The average molecular weight is 574 g/mol. The van der Waals surface area contributed by atoms with Crippen LogP contribution < -0.4 is 20.3 Å². The number of ether oxygens (including phenoxy) is 1. The number of thiophene rings is 1. The lowest BCUT2D eigenvalue weighted by molar-refractivity contribution is 0.0751. The number of anilines is 2. The van der Waals surface area contributed by atoms with Crippen molar-refractivity contribution in [1.29, 1.82) is 0 Å². The molecule has 3 aromatic rings. The number of methoxy groups -OCH3 is 1. The summed E-state index contributed by atoms with van der Waals surface area (Å²) in [6.45, 7) is 4.79. The minimum absolute atomic E-state index is 0.102. The molecule has 1 aromatic heterocycles. The van der Waals surface area contributed by atoms with Crippen molar-refractivity contribution < 1.29 is 14.3 Å². The maximum atomic E-state index is 12.8. The van der Waals surface area contributed by atoms with E-state index < -0.39 is 0 Å². The molecule has 10 heteroatoms. The largest absolute Gasteiger partial charge is 0.496 e. The van der Waals surface area contributed by atoms with Crippen LogP contribution in [0.4, 0.5) is 11.4 Å². The van der Waals surface area contributed by atoms with E-state index in [9.17, 15) is 9.59 Å². The van der Waals surface area contributed by atoms with Crippen LogP contribution in [0.15, 0.2) is 58.4 Å². The minimum atomic E-state index is -0.352. The highest BCUT2D eigenvalue weighted by Gasteiger charge is 2.23. The predicted octanol–water partition coefficient (Wildman–Crippen LogP) is 4.92. The maximum Gasteiger partial charge on any atom is 0.264 e. The summed E-state index contributed by atoms with van der Waals surface area (Å²) >= 11 is 10.2. The molecule has 2 amide bonds. The van der Waals surface area contributed by atoms with E-state index in [2.05, 4.69) is 31.5 Å². The number of halogens is 1. The summed E-state index contributed by atoms with van der Waals surface area (Å²) in [6, 6.07) is 15.2. The van der Waals surface area contributed by atoms with Gasteiger partial charge in [0.25, 0.3) is 11.8 Å². The van der Waals surface area contributed by atoms with Gasteiger partial charge in [-0.25, -0.2) is 0 Å². The monoisotopic (exact) mass is 572 g/mol. The summed E-state index contributed by atoms with van der Waals surface area (Å²) in [5.41, 5.74) is 3.08. The van der Waals surface area contributed by atoms with Crippen LogP contribution in [0.3, 0.4) is 0 Å². The SMILES string of the molecule is COc1c(C)cc(Br)cc1C(=O)NC(=S)Nc1ccc(N2CCN(C(=O)c3cccs3)CC2)cc1. The molecule has 0 aliphatic carbocycles. The molecule has 35 heavy (non-hydrogen) atoms. The van der Waals surface area contributed by atoms with Gasteiger partial charge in [-0.2, -0.15) is 0 Å². The van der Waals surface area contributed by atoms with Crippen molar-refractivity contribution >= 4 is 67.8 Å². The Hall–Kier alpha value is -2.95. The zero-order valence-corrected chi connectivity index (χ0v) is 22.6. The highest BCUT2D eigenvalue weighted by atomic mass is 79.9. The van der Waals surface area contributed by atoms with Crippen LogP contribution in [0.5, 0.6) is 5.75 Å². The third kappa shape index (κ3) is 6.01. The number of piperazine rings is 1. The molecule has 1 saturated heterocycles. The van der Waals surface area contributed by atoms with Gasteiger partial charge in [-0.15, -0.1) is 11.3 Å². The van der Waals surface area contributed by atoms with E-state index in [0.717, 1.165) is 39.4 Å². The quantitative estimate of drug-likeness (QED) is 0.423. The molecular weight excluding hydrogens is 548 g/mol. The summed E-state index contributed by atoms with van der Waals surface area (Å²) in [7, 11) is 1.53. The Balaban J connectivity index is 1.31. The first kappa shape index (κ1) is 25.2. The first-order valence-corrected chi connectivity index (χ1v) is 13.1. The highest BCUT2D eigenvalue weighted by Crippen LogP contribution is 2.28. The number of nitrogens with zero attached hydrogens (tertiary/aromatic N) is 2. The number of benzene rings is 2. The number of hydrogen-bond acceptors (Lipinski definition) is 6. The van der Waals surface area contributed by atoms with E-state index in [1.54, 1.807) is 6.07 Å². The number of aryl methyl sites for hydroxylation is 1. The molecule has 0 radical (unpaired) electrons. The number of carbonyl (C=O) groups excluding carboxylic acids is 2. The Morgan fingerprint density at radius 3 is 2.43 bits per heavy atom. The van der Waals surface area contributed by atoms with Crippen LogP contribution in [0.25, 0.3) is 0 Å². The van der Waals surface area contributed by atoms with Crippen molar-refractivity contribution in [2.75, 3.05) is 43.5 Å². The third-order valence-electron chi connectivity index (χ3n) is 5.70. The Kier molecular flexibility index (Phi) is 8.04. The van der Waals surface area contributed by atoms with Crippen molar-refractivity contribution in [3.8, 4) is 5.75 Å². The van der Waals surface area contributed by atoms with Crippen molar-refractivity contribution in [3.63, 3.8) is 0 Å². The van der Waals surface area contributed by atoms with Crippen molar-refractivity contribution in [3.05, 3.63) is 74.4 Å². The second-order valence-electron chi connectivity index (χ2n) is 8.02. The number of amides is 2. The molecule has 0 spiro atoms. The topological polar surface area (TPSA) is 73.9 Å². The van der Waals surface area contributed by atoms with E-state index in [4.69, 9.17) is 17.0 Å². The van der Waals surface area contributed by atoms with Gasteiger partial charge in [0.1, 0.15) is 5.75 Å². The van der Waals surface area contributed by atoms with Gasteiger partial charge < -0.3 is 19.9 Å². The molecule has 2 N–H and O–H groups in total. The van der Waals surface area contributed by atoms with Gasteiger partial charge in [0.15, 0.2) is 5.11 Å². The fraction of sp³-hybridized carbons (Fsp3) is 0.240. The molecule has 4 rings (SSSR count). The molecular formula is C25H25BrN4O3S2. The van der Waals surface area contributed by atoms with E-state index in [1.165, 1.54) is 18.4 Å². The average Bonchev–Trinajstić information content (AvgIpc) is 3.39. The van der Waals surface area contributed by atoms with Gasteiger partial charge in [-0.3, -0.25) is 14.9 Å². The second-order valence-corrected chi connectivity index (χ2v) is 10.3. The van der Waals surface area contributed by atoms with Crippen LogP contribution in [-0.4, -0.2) is 55.1 Å². The van der Waals surface area contributed by atoms with E-state index >= 15 is 0 Å². The fourth-order valence-electron chi connectivity index (χ4n) is 3.98. The number of carbonyl (C=O) groups is 2. The molecule has 0 bridgehead atoms. The maximum absolute atomic E-state index is 12.8. The summed E-state index contributed by atoms with van der Waals surface area (Å²) in [6.07, 6.45) is 0. The predicted molar refractivity (Wildman–Crippen MR) is 148 cm³/mol. The molecule has 2 aromatic carbocycles. The van der Waals surface area contributed by atoms with E-state index in [0.29, 0.717) is 24.4 Å². The number of thiocarbonyl (C=S) groups is 1. The summed E-state index contributed by atoms with van der Waals surface area (Å²) < 4.78 is 6.17. The Morgan fingerprint density at radius 1 is 1.09 bits per heavy atom. The molecule has 1 aliphatic heterocycles. The zero-order valence-electron chi connectivity index (χ0n) is 19.3.